The van der Waals surface area contributed by atoms with E-state index in [-0.39, 0.29) is 5.91 Å². The Morgan fingerprint density at radius 3 is 2.82 bits per heavy atom. The van der Waals surface area contributed by atoms with Gasteiger partial charge in [0.2, 0.25) is 0 Å². The number of nitrogens with zero attached hydrogens (tertiary/aromatic N) is 7. The summed E-state index contributed by atoms with van der Waals surface area (Å²) in [4.78, 5) is 17.0. The van der Waals surface area contributed by atoms with Crippen molar-refractivity contribution in [1.82, 2.24) is 39.5 Å². The summed E-state index contributed by atoms with van der Waals surface area (Å²) in [5.74, 6) is -0.268. The van der Waals surface area contributed by atoms with E-state index in [1.54, 1.807) is 33.9 Å². The Bertz CT molecular complexity index is 1170. The number of rotatable bonds is 5. The molecule has 4 heterocycles. The standard InChI is InChI=1S/C18H19BrN8O/c1-4-26-16(13(19)9-23-26)10-21-18(28)14-7-17-20-6-5-15(27(17)24-14)12-8-22-25(3)11(12)2/h5-9H,4,10H2,1-3H3,(H,21,28). The predicted molar refractivity (Wildman–Crippen MR) is 107 cm³/mol. The van der Waals surface area contributed by atoms with Gasteiger partial charge in [-0.3, -0.25) is 14.2 Å². The van der Waals surface area contributed by atoms with Crippen molar-refractivity contribution in [2.24, 2.45) is 7.05 Å². The van der Waals surface area contributed by atoms with E-state index in [1.165, 1.54) is 0 Å². The second-order valence-corrected chi connectivity index (χ2v) is 7.19. The zero-order chi connectivity index (χ0) is 19.8. The molecule has 0 fully saturated rings. The molecule has 4 rings (SSSR count). The minimum absolute atomic E-state index is 0.268. The van der Waals surface area contributed by atoms with Crippen molar-refractivity contribution < 1.29 is 4.79 Å². The van der Waals surface area contributed by atoms with Crippen molar-refractivity contribution in [3.8, 4) is 11.3 Å². The number of halogens is 1. The van der Waals surface area contributed by atoms with E-state index in [2.05, 4.69) is 41.5 Å². The molecule has 0 aromatic carbocycles. The van der Waals surface area contributed by atoms with E-state index in [1.807, 2.05) is 31.6 Å². The van der Waals surface area contributed by atoms with Crippen LogP contribution < -0.4 is 5.32 Å². The molecule has 1 amide bonds. The van der Waals surface area contributed by atoms with Crippen LogP contribution in [-0.4, -0.2) is 40.1 Å². The van der Waals surface area contributed by atoms with E-state index in [0.29, 0.717) is 17.9 Å². The number of amides is 1. The van der Waals surface area contributed by atoms with Crippen molar-refractivity contribution in [2.75, 3.05) is 0 Å². The average molecular weight is 443 g/mol. The summed E-state index contributed by atoms with van der Waals surface area (Å²) < 4.78 is 6.16. The molecule has 0 saturated heterocycles. The number of aryl methyl sites for hydroxylation is 2. The van der Waals surface area contributed by atoms with Crippen LogP contribution in [0.1, 0.15) is 28.8 Å². The number of fused-ring (bicyclic) bond motifs is 1. The van der Waals surface area contributed by atoms with Crippen LogP contribution in [0.25, 0.3) is 16.9 Å². The zero-order valence-electron chi connectivity index (χ0n) is 15.7. The van der Waals surface area contributed by atoms with Crippen molar-refractivity contribution in [3.63, 3.8) is 0 Å². The Morgan fingerprint density at radius 1 is 1.29 bits per heavy atom. The highest BCUT2D eigenvalue weighted by Gasteiger charge is 2.17. The lowest BCUT2D eigenvalue weighted by molar-refractivity contribution is 0.0944. The van der Waals surface area contributed by atoms with Gasteiger partial charge in [-0.15, -0.1) is 0 Å². The molecule has 144 valence electrons. The fourth-order valence-corrected chi connectivity index (χ4v) is 3.49. The second-order valence-electron chi connectivity index (χ2n) is 6.33. The Morgan fingerprint density at radius 2 is 2.11 bits per heavy atom. The molecular weight excluding hydrogens is 424 g/mol. The van der Waals surface area contributed by atoms with Crippen molar-refractivity contribution in [1.29, 1.82) is 0 Å². The van der Waals surface area contributed by atoms with Crippen LogP contribution in [0.4, 0.5) is 0 Å². The maximum atomic E-state index is 12.7. The molecule has 28 heavy (non-hydrogen) atoms. The molecule has 0 aliphatic rings. The van der Waals surface area contributed by atoms with Crippen LogP contribution in [0.2, 0.25) is 0 Å². The fraction of sp³-hybridized carbons (Fsp3) is 0.278. The summed E-state index contributed by atoms with van der Waals surface area (Å²) in [5, 5.41) is 15.9. The first-order valence-corrected chi connectivity index (χ1v) is 9.61. The lowest BCUT2D eigenvalue weighted by atomic mass is 10.2. The molecule has 0 unspecified atom stereocenters. The van der Waals surface area contributed by atoms with Gasteiger partial charge in [0, 0.05) is 37.1 Å². The van der Waals surface area contributed by atoms with E-state index in [9.17, 15) is 4.79 Å². The Hall–Kier alpha value is -3.01. The Balaban J connectivity index is 1.63. The highest BCUT2D eigenvalue weighted by molar-refractivity contribution is 9.10. The van der Waals surface area contributed by atoms with Crippen LogP contribution in [0, 0.1) is 6.92 Å². The van der Waals surface area contributed by atoms with Gasteiger partial charge < -0.3 is 5.32 Å². The molecule has 0 bridgehead atoms. The summed E-state index contributed by atoms with van der Waals surface area (Å²) in [5.41, 5.74) is 4.60. The van der Waals surface area contributed by atoms with Gasteiger partial charge in [0.25, 0.3) is 5.91 Å². The predicted octanol–water partition coefficient (Wildman–Crippen LogP) is 2.35. The Kier molecular flexibility index (Phi) is 4.71. The largest absolute Gasteiger partial charge is 0.345 e. The summed E-state index contributed by atoms with van der Waals surface area (Å²) in [6.07, 6.45) is 5.22. The van der Waals surface area contributed by atoms with Crippen molar-refractivity contribution >= 4 is 27.5 Å². The highest BCUT2D eigenvalue weighted by Crippen LogP contribution is 2.23. The number of hydrogen-bond donors (Lipinski definition) is 1. The number of aromatic nitrogens is 7. The second kappa shape index (κ2) is 7.19. The average Bonchev–Trinajstić information content (AvgIpc) is 3.37. The first-order valence-electron chi connectivity index (χ1n) is 8.81. The summed E-state index contributed by atoms with van der Waals surface area (Å²) >= 11 is 3.46. The molecule has 0 radical (unpaired) electrons. The molecule has 1 N–H and O–H groups in total. The monoisotopic (exact) mass is 442 g/mol. The highest BCUT2D eigenvalue weighted by atomic mass is 79.9. The number of carbonyl (C=O) groups excluding carboxylic acids is 1. The van der Waals surface area contributed by atoms with Gasteiger partial charge in [-0.05, 0) is 35.8 Å². The zero-order valence-corrected chi connectivity index (χ0v) is 17.3. The molecule has 0 aliphatic carbocycles. The first kappa shape index (κ1) is 18.4. The van der Waals surface area contributed by atoms with Gasteiger partial charge in [-0.1, -0.05) is 0 Å². The first-order chi connectivity index (χ1) is 13.5. The number of carbonyl (C=O) groups is 1. The third-order valence-corrected chi connectivity index (χ3v) is 5.38. The molecule has 10 heteroatoms. The Labute approximate surface area is 169 Å². The number of nitrogens with one attached hydrogen (secondary N) is 1. The minimum Gasteiger partial charge on any atom is -0.345 e. The van der Waals surface area contributed by atoms with Crippen LogP contribution in [0.3, 0.4) is 0 Å². The van der Waals surface area contributed by atoms with Gasteiger partial charge in [0.15, 0.2) is 11.3 Å². The summed E-state index contributed by atoms with van der Waals surface area (Å²) in [7, 11) is 1.89. The maximum Gasteiger partial charge on any atom is 0.272 e. The molecule has 4 aromatic heterocycles. The molecule has 0 atom stereocenters. The van der Waals surface area contributed by atoms with Gasteiger partial charge >= 0.3 is 0 Å². The van der Waals surface area contributed by atoms with Gasteiger partial charge in [0.1, 0.15) is 0 Å². The molecule has 0 saturated carbocycles. The van der Waals surface area contributed by atoms with Crippen molar-refractivity contribution in [2.45, 2.75) is 26.9 Å². The van der Waals surface area contributed by atoms with Crippen LogP contribution in [-0.2, 0) is 20.1 Å². The van der Waals surface area contributed by atoms with Gasteiger partial charge in [-0.2, -0.15) is 15.3 Å². The summed E-state index contributed by atoms with van der Waals surface area (Å²) in [6, 6.07) is 3.54. The van der Waals surface area contributed by atoms with Crippen molar-refractivity contribution in [3.05, 3.63) is 52.3 Å². The fourth-order valence-electron chi connectivity index (χ4n) is 3.05. The van der Waals surface area contributed by atoms with Crippen LogP contribution >= 0.6 is 15.9 Å². The van der Waals surface area contributed by atoms with E-state index in [4.69, 9.17) is 0 Å². The lowest BCUT2D eigenvalue weighted by Gasteiger charge is -2.06. The third-order valence-electron chi connectivity index (χ3n) is 4.72. The molecule has 0 spiro atoms. The topological polar surface area (TPSA) is 94.9 Å². The molecular formula is C18H19BrN8O. The van der Waals surface area contributed by atoms with E-state index < -0.39 is 0 Å². The molecule has 0 aliphatic heterocycles. The quantitative estimate of drug-likeness (QED) is 0.511. The molecule has 4 aromatic rings. The smallest absolute Gasteiger partial charge is 0.272 e. The minimum atomic E-state index is -0.268. The normalized spacial score (nSPS) is 11.3. The summed E-state index contributed by atoms with van der Waals surface area (Å²) in [6.45, 7) is 5.06. The van der Waals surface area contributed by atoms with E-state index in [0.717, 1.165) is 33.7 Å². The van der Waals surface area contributed by atoms with Gasteiger partial charge in [-0.25, -0.2) is 9.50 Å². The van der Waals surface area contributed by atoms with E-state index >= 15 is 0 Å². The van der Waals surface area contributed by atoms with Crippen LogP contribution in [0.15, 0.2) is 35.2 Å². The van der Waals surface area contributed by atoms with Crippen LogP contribution in [0.5, 0.6) is 0 Å². The maximum absolute atomic E-state index is 12.7. The third kappa shape index (κ3) is 3.09. The molecule has 9 nitrogen and oxygen atoms in total. The SMILES string of the molecule is CCn1ncc(Br)c1CNC(=O)c1cc2nccc(-c3cnn(C)c3C)n2n1. The lowest BCUT2D eigenvalue weighted by Crippen LogP contribution is -2.25. The van der Waals surface area contributed by atoms with Gasteiger partial charge in [0.05, 0.1) is 34.8 Å². The number of hydrogen-bond acceptors (Lipinski definition) is 5.